The van der Waals surface area contributed by atoms with Gasteiger partial charge in [0.2, 0.25) is 0 Å². The highest BCUT2D eigenvalue weighted by Crippen LogP contribution is 2.23. The number of tetrazole rings is 1. The second-order valence-electron chi connectivity index (χ2n) is 5.94. The number of carboxylic acids is 1. The first-order valence-electron chi connectivity index (χ1n) is 7.93. The third-order valence-electron chi connectivity index (χ3n) is 4.13. The molecule has 1 aromatic heterocycles. The highest BCUT2D eigenvalue weighted by Gasteiger charge is 2.14. The number of aryl methyl sites for hydroxylation is 3. The van der Waals surface area contributed by atoms with E-state index < -0.39 is 5.97 Å². The van der Waals surface area contributed by atoms with Crippen molar-refractivity contribution in [1.29, 1.82) is 0 Å². The van der Waals surface area contributed by atoms with Gasteiger partial charge in [0.15, 0.2) is 0 Å². The molecule has 134 valence electrons. The molecule has 0 saturated carbocycles. The van der Waals surface area contributed by atoms with Crippen LogP contribution >= 0.6 is 0 Å². The number of hydrogen-bond acceptors (Lipinski definition) is 5. The molecular formula is C18H18N4O4. The molecule has 8 heteroatoms. The smallest absolute Gasteiger partial charge is 0.368 e. The van der Waals surface area contributed by atoms with Crippen molar-refractivity contribution < 1.29 is 14.6 Å². The number of nitrogens with zero attached hydrogens (tertiary/aromatic N) is 4. The number of aromatic nitrogens is 4. The van der Waals surface area contributed by atoms with Crippen LogP contribution in [-0.4, -0.2) is 30.9 Å². The molecule has 0 atom stereocenters. The fraction of sp³-hybridized carbons (Fsp3) is 0.222. The van der Waals surface area contributed by atoms with E-state index in [1.54, 1.807) is 25.1 Å². The molecule has 2 aromatic carbocycles. The van der Waals surface area contributed by atoms with Gasteiger partial charge in [0.05, 0.1) is 11.3 Å². The van der Waals surface area contributed by atoms with E-state index in [1.807, 2.05) is 19.1 Å². The summed E-state index contributed by atoms with van der Waals surface area (Å²) in [6.07, 6.45) is 0. The maximum absolute atomic E-state index is 12.2. The summed E-state index contributed by atoms with van der Waals surface area (Å²) in [6.45, 7) is 3.91. The van der Waals surface area contributed by atoms with E-state index in [-0.39, 0.29) is 17.9 Å². The summed E-state index contributed by atoms with van der Waals surface area (Å²) in [6, 6.07) is 10.2. The summed E-state index contributed by atoms with van der Waals surface area (Å²) in [4.78, 5) is 23.2. The molecular weight excluding hydrogens is 336 g/mol. The number of rotatable bonds is 5. The van der Waals surface area contributed by atoms with Gasteiger partial charge < -0.3 is 9.84 Å². The lowest BCUT2D eigenvalue weighted by Gasteiger charge is -2.14. The predicted molar refractivity (Wildman–Crippen MR) is 93.8 cm³/mol. The first kappa shape index (κ1) is 17.4. The van der Waals surface area contributed by atoms with Crippen molar-refractivity contribution >= 4 is 5.97 Å². The number of benzene rings is 2. The van der Waals surface area contributed by atoms with Crippen LogP contribution in [0.4, 0.5) is 0 Å². The minimum atomic E-state index is -0.983. The highest BCUT2D eigenvalue weighted by molar-refractivity contribution is 5.88. The first-order valence-corrected chi connectivity index (χ1v) is 7.93. The molecule has 0 spiro atoms. The SMILES string of the molecule is Cc1cc(C(=O)O)ccc1OCc1c(C)cccc1-n1nnn(C)c1=O. The van der Waals surface area contributed by atoms with Gasteiger partial charge >= 0.3 is 11.7 Å². The normalized spacial score (nSPS) is 10.7. The molecule has 0 amide bonds. The van der Waals surface area contributed by atoms with Gasteiger partial charge in [-0.3, -0.25) is 0 Å². The van der Waals surface area contributed by atoms with E-state index in [0.717, 1.165) is 21.4 Å². The van der Waals surface area contributed by atoms with Gasteiger partial charge in [0.1, 0.15) is 12.4 Å². The van der Waals surface area contributed by atoms with Crippen LogP contribution < -0.4 is 10.4 Å². The summed E-state index contributed by atoms with van der Waals surface area (Å²) in [5, 5.41) is 16.7. The second-order valence-corrected chi connectivity index (χ2v) is 5.94. The van der Waals surface area contributed by atoms with Crippen molar-refractivity contribution in [1.82, 2.24) is 19.8 Å². The number of ether oxygens (including phenoxy) is 1. The van der Waals surface area contributed by atoms with Gasteiger partial charge in [-0.15, -0.1) is 0 Å². The number of carboxylic acid groups (broad SMARTS) is 1. The molecule has 0 bridgehead atoms. The fourth-order valence-electron chi connectivity index (χ4n) is 2.63. The van der Waals surface area contributed by atoms with Crippen molar-refractivity contribution in [3.05, 3.63) is 69.1 Å². The maximum Gasteiger partial charge on any atom is 0.368 e. The number of aromatic carboxylic acids is 1. The van der Waals surface area contributed by atoms with Gasteiger partial charge in [0, 0.05) is 12.6 Å². The molecule has 1 heterocycles. The van der Waals surface area contributed by atoms with E-state index in [1.165, 1.54) is 17.8 Å². The molecule has 0 saturated heterocycles. The second kappa shape index (κ2) is 6.83. The van der Waals surface area contributed by atoms with Gasteiger partial charge in [-0.1, -0.05) is 12.1 Å². The van der Waals surface area contributed by atoms with Crippen LogP contribution in [0, 0.1) is 13.8 Å². The first-order chi connectivity index (χ1) is 12.4. The highest BCUT2D eigenvalue weighted by atomic mass is 16.5. The Kier molecular flexibility index (Phi) is 4.57. The largest absolute Gasteiger partial charge is 0.489 e. The molecule has 1 N–H and O–H groups in total. The summed E-state index contributed by atoms with van der Waals surface area (Å²) in [5.41, 5.74) is 2.92. The molecule has 0 aliphatic rings. The molecule has 0 aliphatic heterocycles. The molecule has 0 unspecified atom stereocenters. The summed E-state index contributed by atoms with van der Waals surface area (Å²) >= 11 is 0. The maximum atomic E-state index is 12.2. The van der Waals surface area contributed by atoms with E-state index in [9.17, 15) is 9.59 Å². The lowest BCUT2D eigenvalue weighted by molar-refractivity contribution is 0.0696. The van der Waals surface area contributed by atoms with E-state index in [4.69, 9.17) is 9.84 Å². The summed E-state index contributed by atoms with van der Waals surface area (Å²) in [5.74, 6) is -0.404. The lowest BCUT2D eigenvalue weighted by Crippen LogP contribution is -2.23. The standard InChI is InChI=1S/C18H18N4O4/c1-11-5-4-6-15(22-18(25)21(3)19-20-22)14(11)10-26-16-8-7-13(17(23)24)9-12(16)2/h4-9H,10H2,1-3H3,(H,23,24). The van der Waals surface area contributed by atoms with Crippen molar-refractivity contribution in [2.24, 2.45) is 7.05 Å². The van der Waals surface area contributed by atoms with Crippen LogP contribution in [0.5, 0.6) is 5.75 Å². The van der Waals surface area contributed by atoms with E-state index >= 15 is 0 Å². The van der Waals surface area contributed by atoms with Crippen LogP contribution in [-0.2, 0) is 13.7 Å². The number of hydrogen-bond donors (Lipinski definition) is 1. The average molecular weight is 354 g/mol. The van der Waals surface area contributed by atoms with Crippen LogP contribution in [0.2, 0.25) is 0 Å². The number of carbonyl (C=O) groups is 1. The fourth-order valence-corrected chi connectivity index (χ4v) is 2.63. The predicted octanol–water partition coefficient (Wildman–Crippen LogP) is 1.86. The Morgan fingerprint density at radius 3 is 2.54 bits per heavy atom. The van der Waals surface area contributed by atoms with Crippen LogP contribution in [0.25, 0.3) is 5.69 Å². The zero-order chi connectivity index (χ0) is 18.8. The molecule has 26 heavy (non-hydrogen) atoms. The average Bonchev–Trinajstić information content (AvgIpc) is 2.93. The van der Waals surface area contributed by atoms with Crippen molar-refractivity contribution in [2.45, 2.75) is 20.5 Å². The summed E-state index contributed by atoms with van der Waals surface area (Å²) < 4.78 is 8.27. The molecule has 3 aromatic rings. The molecule has 0 radical (unpaired) electrons. The Labute approximate surface area is 149 Å². The van der Waals surface area contributed by atoms with Gasteiger partial charge in [-0.2, -0.15) is 9.36 Å². The minimum absolute atomic E-state index is 0.206. The minimum Gasteiger partial charge on any atom is -0.489 e. The quantitative estimate of drug-likeness (QED) is 0.751. The Hall–Kier alpha value is -3.42. The third-order valence-corrected chi connectivity index (χ3v) is 4.13. The van der Waals surface area contributed by atoms with Crippen molar-refractivity contribution in [2.75, 3.05) is 0 Å². The van der Waals surface area contributed by atoms with Gasteiger partial charge in [-0.25, -0.2) is 9.59 Å². The van der Waals surface area contributed by atoms with Crippen LogP contribution in [0.3, 0.4) is 0 Å². The zero-order valence-electron chi connectivity index (χ0n) is 14.6. The van der Waals surface area contributed by atoms with E-state index in [0.29, 0.717) is 11.4 Å². The summed E-state index contributed by atoms with van der Waals surface area (Å²) in [7, 11) is 1.53. The monoisotopic (exact) mass is 354 g/mol. The van der Waals surface area contributed by atoms with Gasteiger partial charge in [0.25, 0.3) is 0 Å². The Morgan fingerprint density at radius 1 is 1.15 bits per heavy atom. The Bertz CT molecular complexity index is 1040. The lowest BCUT2D eigenvalue weighted by atomic mass is 10.1. The van der Waals surface area contributed by atoms with Crippen LogP contribution in [0.1, 0.15) is 27.0 Å². The van der Waals surface area contributed by atoms with Gasteiger partial charge in [-0.05, 0) is 59.7 Å². The van der Waals surface area contributed by atoms with Crippen LogP contribution in [0.15, 0.2) is 41.2 Å². The Balaban J connectivity index is 1.93. The Morgan fingerprint density at radius 2 is 1.92 bits per heavy atom. The molecule has 0 aliphatic carbocycles. The molecule has 8 nitrogen and oxygen atoms in total. The van der Waals surface area contributed by atoms with E-state index in [2.05, 4.69) is 10.4 Å². The van der Waals surface area contributed by atoms with Crippen molar-refractivity contribution in [3.8, 4) is 11.4 Å². The molecule has 3 rings (SSSR count). The third kappa shape index (κ3) is 3.21. The topological polar surface area (TPSA) is 99.2 Å². The molecule has 0 fully saturated rings. The zero-order valence-corrected chi connectivity index (χ0v) is 14.6. The van der Waals surface area contributed by atoms with Crippen molar-refractivity contribution in [3.63, 3.8) is 0 Å².